The molecule has 7 heteroatoms. The topological polar surface area (TPSA) is 130 Å². The van der Waals surface area contributed by atoms with Crippen LogP contribution in [0.1, 0.15) is 5.56 Å². The van der Waals surface area contributed by atoms with E-state index < -0.39 is 31.0 Å². The second-order valence-corrected chi connectivity index (χ2v) is 5.22. The molecule has 7 nitrogen and oxygen atoms in total. The molecule has 0 aliphatic rings. The summed E-state index contributed by atoms with van der Waals surface area (Å²) >= 11 is 0. The van der Waals surface area contributed by atoms with E-state index in [0.717, 1.165) is 11.3 Å². The molecule has 4 unspecified atom stereocenters. The van der Waals surface area contributed by atoms with Gasteiger partial charge in [-0.1, -0.05) is 0 Å². The van der Waals surface area contributed by atoms with Crippen molar-refractivity contribution >= 4 is 11.4 Å². The Morgan fingerprint density at radius 1 is 1.10 bits per heavy atom. The number of hydrogen-bond donors (Lipinski definition) is 6. The number of aryl methyl sites for hydroxylation is 1. The van der Waals surface area contributed by atoms with Crippen LogP contribution >= 0.6 is 0 Å². The molecule has 0 radical (unpaired) electrons. The fraction of sp³-hybridized carbons (Fsp3) is 0.571. The highest BCUT2D eigenvalue weighted by Crippen LogP contribution is 2.20. The molecule has 0 bridgehead atoms. The van der Waals surface area contributed by atoms with Crippen molar-refractivity contribution in [1.29, 1.82) is 0 Å². The Kier molecular flexibility index (Phi) is 6.38. The lowest BCUT2D eigenvalue weighted by Crippen LogP contribution is -2.49. The van der Waals surface area contributed by atoms with Crippen LogP contribution in [0.5, 0.6) is 0 Å². The van der Waals surface area contributed by atoms with Gasteiger partial charge in [-0.2, -0.15) is 0 Å². The van der Waals surface area contributed by atoms with Crippen molar-refractivity contribution in [2.24, 2.45) is 0 Å². The van der Waals surface area contributed by atoms with Crippen LogP contribution in [0.4, 0.5) is 11.4 Å². The monoisotopic (exact) mass is 300 g/mol. The predicted molar refractivity (Wildman–Crippen MR) is 80.0 cm³/mol. The first kappa shape index (κ1) is 17.7. The Balaban J connectivity index is 2.68. The lowest BCUT2D eigenvalue weighted by atomic mass is 10.0. The van der Waals surface area contributed by atoms with Crippen molar-refractivity contribution in [3.8, 4) is 0 Å². The van der Waals surface area contributed by atoms with E-state index in [4.69, 9.17) is 10.8 Å². The summed E-state index contributed by atoms with van der Waals surface area (Å²) in [6, 6.07) is 5.36. The van der Waals surface area contributed by atoms with Gasteiger partial charge in [-0.3, -0.25) is 0 Å². The van der Waals surface area contributed by atoms with Gasteiger partial charge in [0.25, 0.3) is 0 Å². The molecule has 1 aromatic rings. The Morgan fingerprint density at radius 2 is 1.67 bits per heavy atom. The maximum atomic E-state index is 9.92. The molecule has 1 aromatic carbocycles. The van der Waals surface area contributed by atoms with Crippen molar-refractivity contribution in [1.82, 2.24) is 0 Å². The van der Waals surface area contributed by atoms with E-state index in [-0.39, 0.29) is 6.54 Å². The summed E-state index contributed by atoms with van der Waals surface area (Å²) in [7, 11) is 1.72. The minimum absolute atomic E-state index is 0.0414. The molecule has 21 heavy (non-hydrogen) atoms. The number of aliphatic hydroxyl groups is 5. The minimum Gasteiger partial charge on any atom is -0.399 e. The molecule has 0 amide bonds. The lowest BCUT2D eigenvalue weighted by Gasteiger charge is -2.29. The zero-order valence-electron chi connectivity index (χ0n) is 12.2. The maximum absolute atomic E-state index is 9.92. The number of nitrogens with two attached hydrogens (primary N) is 1. The summed E-state index contributed by atoms with van der Waals surface area (Å²) in [4.78, 5) is 1.69. The standard InChI is InChI=1S/C14H24N2O5/c1-8-5-9(3-4-10(8)15)16(2)6-11(18)13(20)14(21)12(19)7-17/h3-5,11-14,17-21H,6-7,15H2,1-2H3. The van der Waals surface area contributed by atoms with Gasteiger partial charge in [0.2, 0.25) is 0 Å². The third kappa shape index (κ3) is 4.55. The molecular weight excluding hydrogens is 276 g/mol. The van der Waals surface area contributed by atoms with Crippen LogP contribution in [0.2, 0.25) is 0 Å². The summed E-state index contributed by atoms with van der Waals surface area (Å²) in [5, 5.41) is 47.2. The van der Waals surface area contributed by atoms with Gasteiger partial charge >= 0.3 is 0 Å². The fourth-order valence-electron chi connectivity index (χ4n) is 1.95. The molecule has 0 fully saturated rings. The van der Waals surface area contributed by atoms with Gasteiger partial charge in [-0.05, 0) is 30.7 Å². The highest BCUT2D eigenvalue weighted by atomic mass is 16.4. The van der Waals surface area contributed by atoms with E-state index in [1.54, 1.807) is 24.1 Å². The van der Waals surface area contributed by atoms with E-state index in [0.29, 0.717) is 5.69 Å². The normalized spacial score (nSPS) is 17.1. The number of likely N-dealkylation sites (N-methyl/N-ethyl adjacent to an activating group) is 1. The molecule has 120 valence electrons. The Hall–Kier alpha value is -1.38. The molecule has 4 atom stereocenters. The molecular formula is C14H24N2O5. The van der Waals surface area contributed by atoms with Gasteiger partial charge in [-0.15, -0.1) is 0 Å². The van der Waals surface area contributed by atoms with Gasteiger partial charge in [0.1, 0.15) is 18.3 Å². The zero-order chi connectivity index (χ0) is 16.2. The smallest absolute Gasteiger partial charge is 0.111 e. The van der Waals surface area contributed by atoms with Crippen molar-refractivity contribution in [3.05, 3.63) is 23.8 Å². The molecule has 1 rings (SSSR count). The number of rotatable bonds is 7. The number of anilines is 2. The summed E-state index contributed by atoms with van der Waals surface area (Å²) < 4.78 is 0. The number of benzene rings is 1. The van der Waals surface area contributed by atoms with Gasteiger partial charge < -0.3 is 36.2 Å². The van der Waals surface area contributed by atoms with Crippen molar-refractivity contribution < 1.29 is 25.5 Å². The van der Waals surface area contributed by atoms with Crippen LogP contribution in [-0.4, -0.2) is 70.1 Å². The fourth-order valence-corrected chi connectivity index (χ4v) is 1.95. The maximum Gasteiger partial charge on any atom is 0.111 e. The first-order chi connectivity index (χ1) is 9.77. The molecule has 0 aromatic heterocycles. The van der Waals surface area contributed by atoms with Crippen molar-refractivity contribution in [2.75, 3.05) is 30.8 Å². The van der Waals surface area contributed by atoms with Gasteiger partial charge in [0.05, 0.1) is 12.7 Å². The van der Waals surface area contributed by atoms with Crippen LogP contribution in [0, 0.1) is 6.92 Å². The number of hydrogen-bond acceptors (Lipinski definition) is 7. The van der Waals surface area contributed by atoms with Crippen LogP contribution in [0.25, 0.3) is 0 Å². The summed E-state index contributed by atoms with van der Waals surface area (Å²) in [6.07, 6.45) is -5.97. The molecule has 0 spiro atoms. The highest BCUT2D eigenvalue weighted by molar-refractivity contribution is 5.57. The Labute approximate surface area is 123 Å². The zero-order valence-corrected chi connectivity index (χ0v) is 12.2. The largest absolute Gasteiger partial charge is 0.399 e. The highest BCUT2D eigenvalue weighted by Gasteiger charge is 2.30. The summed E-state index contributed by atoms with van der Waals surface area (Å²) in [5.74, 6) is 0. The van der Waals surface area contributed by atoms with Crippen molar-refractivity contribution in [3.63, 3.8) is 0 Å². The molecule has 0 aliphatic carbocycles. The third-order valence-corrected chi connectivity index (χ3v) is 3.48. The van der Waals surface area contributed by atoms with Crippen LogP contribution in [0.15, 0.2) is 18.2 Å². The molecule has 0 heterocycles. The van der Waals surface area contributed by atoms with Crippen molar-refractivity contribution in [2.45, 2.75) is 31.3 Å². The summed E-state index contributed by atoms with van der Waals surface area (Å²) in [5.41, 5.74) is 8.09. The lowest BCUT2D eigenvalue weighted by molar-refractivity contribution is -0.112. The van der Waals surface area contributed by atoms with Crippen LogP contribution in [-0.2, 0) is 0 Å². The average Bonchev–Trinajstić information content (AvgIpc) is 2.47. The number of aliphatic hydroxyl groups excluding tert-OH is 5. The molecule has 7 N–H and O–H groups in total. The Morgan fingerprint density at radius 3 is 2.19 bits per heavy atom. The second kappa shape index (κ2) is 7.58. The van der Waals surface area contributed by atoms with Crippen LogP contribution in [0.3, 0.4) is 0 Å². The SMILES string of the molecule is Cc1cc(N(C)CC(O)C(O)C(O)C(O)CO)ccc1N. The van der Waals surface area contributed by atoms with E-state index in [1.807, 2.05) is 13.0 Å². The Bertz CT molecular complexity index is 457. The van der Waals surface area contributed by atoms with E-state index >= 15 is 0 Å². The second-order valence-electron chi connectivity index (χ2n) is 5.22. The first-order valence-corrected chi connectivity index (χ1v) is 6.68. The van der Waals surface area contributed by atoms with Gasteiger partial charge in [0, 0.05) is 25.0 Å². The van der Waals surface area contributed by atoms with E-state index in [2.05, 4.69) is 0 Å². The molecule has 0 saturated heterocycles. The summed E-state index contributed by atoms with van der Waals surface area (Å²) in [6.45, 7) is 1.21. The number of nitrogen functional groups attached to an aromatic ring is 1. The van der Waals surface area contributed by atoms with Gasteiger partial charge in [-0.25, -0.2) is 0 Å². The minimum atomic E-state index is -1.62. The first-order valence-electron chi connectivity index (χ1n) is 6.68. The number of nitrogens with zero attached hydrogens (tertiary/aromatic N) is 1. The quantitative estimate of drug-likeness (QED) is 0.336. The van der Waals surface area contributed by atoms with E-state index in [9.17, 15) is 20.4 Å². The molecule has 0 aliphatic heterocycles. The predicted octanol–water partition coefficient (Wildman–Crippen LogP) is -1.55. The third-order valence-electron chi connectivity index (χ3n) is 3.48. The van der Waals surface area contributed by atoms with Crippen LogP contribution < -0.4 is 10.6 Å². The average molecular weight is 300 g/mol. The molecule has 0 saturated carbocycles. The van der Waals surface area contributed by atoms with E-state index in [1.165, 1.54) is 0 Å². The van der Waals surface area contributed by atoms with Gasteiger partial charge in [0.15, 0.2) is 0 Å².